The summed E-state index contributed by atoms with van der Waals surface area (Å²) >= 11 is 1.46. The summed E-state index contributed by atoms with van der Waals surface area (Å²) in [5.41, 5.74) is 1.43. The van der Waals surface area contributed by atoms with Gasteiger partial charge in [0.15, 0.2) is 0 Å². The van der Waals surface area contributed by atoms with Crippen molar-refractivity contribution in [3.8, 4) is 0 Å². The van der Waals surface area contributed by atoms with Gasteiger partial charge < -0.3 is 10.6 Å². The molecule has 6 nitrogen and oxygen atoms in total. The summed E-state index contributed by atoms with van der Waals surface area (Å²) in [6, 6.07) is 16.1. The smallest absolute Gasteiger partial charge is 0.325 e. The lowest BCUT2D eigenvalue weighted by molar-refractivity contribution is -0.135. The first-order valence-electron chi connectivity index (χ1n) is 10.3. The van der Waals surface area contributed by atoms with E-state index < -0.39 is 36.0 Å². The second kappa shape index (κ2) is 7.87. The lowest BCUT2D eigenvalue weighted by atomic mass is 9.92. The van der Waals surface area contributed by atoms with Crippen LogP contribution in [0.4, 0.5) is 9.18 Å². The number of carbonyl (C=O) groups excluding carboxylic acids is 3. The van der Waals surface area contributed by atoms with Crippen LogP contribution in [0.5, 0.6) is 0 Å². The maximum Gasteiger partial charge on any atom is 0.325 e. The van der Waals surface area contributed by atoms with Gasteiger partial charge in [-0.15, -0.1) is 11.3 Å². The average Bonchev–Trinajstić information content (AvgIpc) is 3.50. The van der Waals surface area contributed by atoms with Crippen molar-refractivity contribution >= 4 is 29.2 Å². The third-order valence-electron chi connectivity index (χ3n) is 6.06. The fraction of sp³-hybridized carbons (Fsp3) is 0.208. The van der Waals surface area contributed by atoms with E-state index in [1.807, 2.05) is 41.8 Å². The molecule has 1 spiro atoms. The number of nitrogens with one attached hydrogen (secondary N) is 2. The van der Waals surface area contributed by atoms with Crippen molar-refractivity contribution in [1.29, 1.82) is 0 Å². The van der Waals surface area contributed by atoms with E-state index in [2.05, 4.69) is 10.6 Å². The summed E-state index contributed by atoms with van der Waals surface area (Å²) in [7, 11) is 0. The Labute approximate surface area is 188 Å². The van der Waals surface area contributed by atoms with Crippen molar-refractivity contribution in [3.63, 3.8) is 0 Å². The summed E-state index contributed by atoms with van der Waals surface area (Å²) in [6.45, 7) is -0.391. The zero-order valence-electron chi connectivity index (χ0n) is 17.0. The highest BCUT2D eigenvalue weighted by molar-refractivity contribution is 7.10. The zero-order valence-corrected chi connectivity index (χ0v) is 17.8. The van der Waals surface area contributed by atoms with Crippen LogP contribution in [0, 0.1) is 5.82 Å². The average molecular weight is 450 g/mol. The predicted octanol–water partition coefficient (Wildman–Crippen LogP) is 3.49. The van der Waals surface area contributed by atoms with Gasteiger partial charge in [-0.25, -0.2) is 9.18 Å². The molecule has 2 N–H and O–H groups in total. The minimum atomic E-state index is -1.10. The monoisotopic (exact) mass is 449 g/mol. The largest absolute Gasteiger partial charge is 0.343 e. The molecule has 2 heterocycles. The molecule has 0 saturated carbocycles. The number of rotatable bonds is 5. The lowest BCUT2D eigenvalue weighted by Crippen LogP contribution is -2.44. The van der Waals surface area contributed by atoms with Crippen LogP contribution in [-0.2, 0) is 21.5 Å². The third-order valence-corrected chi connectivity index (χ3v) is 7.00. The summed E-state index contributed by atoms with van der Waals surface area (Å²) in [5, 5.41) is 7.61. The quantitative estimate of drug-likeness (QED) is 0.586. The van der Waals surface area contributed by atoms with Gasteiger partial charge in [-0.2, -0.15) is 0 Å². The molecule has 1 fully saturated rings. The SMILES string of the molecule is O=C(CN1C(=O)N[C@]2(CCc3ccccc32)C1=O)N[C@H](c1ccc(F)cc1)c1cccs1. The second-order valence-electron chi connectivity index (χ2n) is 7.95. The van der Waals surface area contributed by atoms with Crippen LogP contribution in [0.3, 0.4) is 0 Å². The first-order chi connectivity index (χ1) is 15.5. The molecule has 0 radical (unpaired) electrons. The number of aryl methyl sites for hydroxylation is 1. The van der Waals surface area contributed by atoms with Gasteiger partial charge in [0.05, 0.1) is 6.04 Å². The van der Waals surface area contributed by atoms with Crippen LogP contribution in [-0.4, -0.2) is 29.3 Å². The van der Waals surface area contributed by atoms with Gasteiger partial charge in [0.25, 0.3) is 5.91 Å². The van der Waals surface area contributed by atoms with Crippen molar-refractivity contribution in [2.24, 2.45) is 0 Å². The molecule has 4 amide bonds. The van der Waals surface area contributed by atoms with Crippen molar-refractivity contribution in [2.45, 2.75) is 24.4 Å². The fourth-order valence-electron chi connectivity index (χ4n) is 4.51. The number of benzene rings is 2. The van der Waals surface area contributed by atoms with E-state index in [1.165, 1.54) is 23.5 Å². The molecule has 162 valence electrons. The maximum atomic E-state index is 13.4. The van der Waals surface area contributed by atoms with Gasteiger partial charge in [-0.3, -0.25) is 14.5 Å². The number of thiophene rings is 1. The molecular formula is C24H20FN3O3S. The van der Waals surface area contributed by atoms with E-state index in [9.17, 15) is 18.8 Å². The van der Waals surface area contributed by atoms with Crippen molar-refractivity contribution in [1.82, 2.24) is 15.5 Å². The van der Waals surface area contributed by atoms with Gasteiger partial charge in [-0.05, 0) is 53.1 Å². The molecule has 0 bridgehead atoms. The Balaban J connectivity index is 1.36. The van der Waals surface area contributed by atoms with Crippen molar-refractivity contribution in [3.05, 3.63) is 93.4 Å². The van der Waals surface area contributed by atoms with Gasteiger partial charge >= 0.3 is 6.03 Å². The summed E-state index contributed by atoms with van der Waals surface area (Å²) in [6.07, 6.45) is 1.16. The number of halogens is 1. The molecule has 2 atom stereocenters. The molecule has 1 saturated heterocycles. The highest BCUT2D eigenvalue weighted by Crippen LogP contribution is 2.41. The minimum absolute atomic E-state index is 0.369. The normalized spacial score (nSPS) is 20.3. The number of fused-ring (bicyclic) bond motifs is 2. The first kappa shape index (κ1) is 20.4. The number of hydrogen-bond donors (Lipinski definition) is 2. The molecule has 3 aromatic rings. The highest BCUT2D eigenvalue weighted by Gasteiger charge is 2.55. The van der Waals surface area contributed by atoms with Crippen LogP contribution in [0.2, 0.25) is 0 Å². The van der Waals surface area contributed by atoms with Gasteiger partial charge in [0.1, 0.15) is 17.9 Å². The Morgan fingerprint density at radius 2 is 1.91 bits per heavy atom. The van der Waals surface area contributed by atoms with Crippen LogP contribution in [0.1, 0.15) is 34.0 Å². The standard InChI is InChI=1S/C24H20FN3O3S/c25-17-9-7-16(8-10-17)21(19-6-3-13-32-19)26-20(29)14-28-22(30)24(27-23(28)31)12-11-15-4-1-2-5-18(15)24/h1-10,13,21H,11-12,14H2,(H,26,29)(H,27,31)/t21-,24+/m1/s1. The highest BCUT2D eigenvalue weighted by atomic mass is 32.1. The lowest BCUT2D eigenvalue weighted by Gasteiger charge is -2.23. The molecule has 2 aromatic carbocycles. The summed E-state index contributed by atoms with van der Waals surface area (Å²) < 4.78 is 13.4. The Morgan fingerprint density at radius 3 is 2.66 bits per heavy atom. The van der Waals surface area contributed by atoms with E-state index in [1.54, 1.807) is 12.1 Å². The Kier molecular flexibility index (Phi) is 5.01. The minimum Gasteiger partial charge on any atom is -0.343 e. The van der Waals surface area contributed by atoms with E-state index in [-0.39, 0.29) is 5.82 Å². The molecule has 32 heavy (non-hydrogen) atoms. The van der Waals surface area contributed by atoms with E-state index in [4.69, 9.17) is 0 Å². The molecule has 8 heteroatoms. The number of hydrogen-bond acceptors (Lipinski definition) is 4. The number of imide groups is 1. The molecule has 1 aliphatic carbocycles. The third kappa shape index (κ3) is 3.36. The van der Waals surface area contributed by atoms with E-state index in [0.29, 0.717) is 18.4 Å². The van der Waals surface area contributed by atoms with Gasteiger partial charge in [0.2, 0.25) is 5.91 Å². The number of carbonyl (C=O) groups is 3. The number of urea groups is 1. The van der Waals surface area contributed by atoms with Crippen LogP contribution < -0.4 is 10.6 Å². The summed E-state index contributed by atoms with van der Waals surface area (Å²) in [5.74, 6) is -1.25. The van der Waals surface area contributed by atoms with Gasteiger partial charge in [-0.1, -0.05) is 42.5 Å². The Morgan fingerprint density at radius 1 is 1.12 bits per heavy atom. The Bertz CT molecular complexity index is 1200. The van der Waals surface area contributed by atoms with Crippen molar-refractivity contribution < 1.29 is 18.8 Å². The molecular weight excluding hydrogens is 429 g/mol. The van der Waals surface area contributed by atoms with E-state index in [0.717, 1.165) is 20.9 Å². The van der Waals surface area contributed by atoms with E-state index >= 15 is 0 Å². The molecule has 0 unspecified atom stereocenters. The fourth-order valence-corrected chi connectivity index (χ4v) is 5.32. The topological polar surface area (TPSA) is 78.5 Å². The van der Waals surface area contributed by atoms with Crippen LogP contribution in [0.15, 0.2) is 66.0 Å². The number of amides is 4. The van der Waals surface area contributed by atoms with Crippen molar-refractivity contribution in [2.75, 3.05) is 6.54 Å². The zero-order chi connectivity index (χ0) is 22.3. The number of nitrogens with zero attached hydrogens (tertiary/aromatic N) is 1. The van der Waals surface area contributed by atoms with Gasteiger partial charge in [0, 0.05) is 4.88 Å². The first-order valence-corrected chi connectivity index (χ1v) is 11.2. The molecule has 1 aromatic heterocycles. The summed E-state index contributed by atoms with van der Waals surface area (Å²) in [4.78, 5) is 40.7. The second-order valence-corrected chi connectivity index (χ2v) is 8.93. The maximum absolute atomic E-state index is 13.4. The predicted molar refractivity (Wildman–Crippen MR) is 117 cm³/mol. The Hall–Kier alpha value is -3.52. The molecule has 1 aliphatic heterocycles. The molecule has 2 aliphatic rings. The van der Waals surface area contributed by atoms with Crippen LogP contribution in [0.25, 0.3) is 0 Å². The molecule has 5 rings (SSSR count). The van der Waals surface area contributed by atoms with Crippen LogP contribution >= 0.6 is 11.3 Å².